The molecule has 0 saturated carbocycles. The highest BCUT2D eigenvalue weighted by Gasteiger charge is 2.34. The van der Waals surface area contributed by atoms with Gasteiger partial charge in [0.05, 0.1) is 17.7 Å². The summed E-state index contributed by atoms with van der Waals surface area (Å²) in [5, 5.41) is 6.39. The van der Waals surface area contributed by atoms with Crippen molar-refractivity contribution in [3.05, 3.63) is 43.0 Å². The second kappa shape index (κ2) is 5.69. The molecule has 2 heterocycles. The molecule has 110 valence electrons. The first-order valence-electron chi connectivity index (χ1n) is 7.29. The molecule has 2 N–H and O–H groups in total. The molecule has 5 heteroatoms. The number of nitrogens with one attached hydrogen (secondary N) is 2. The molecule has 1 fully saturated rings. The molecule has 1 aromatic heterocycles. The first kappa shape index (κ1) is 13.8. The van der Waals surface area contributed by atoms with Gasteiger partial charge in [0, 0.05) is 17.8 Å². The molecule has 0 bridgehead atoms. The zero-order valence-corrected chi connectivity index (χ0v) is 12.2. The number of imidazole rings is 1. The zero-order chi connectivity index (χ0) is 14.7. The van der Waals surface area contributed by atoms with Crippen molar-refractivity contribution >= 4 is 11.6 Å². The maximum atomic E-state index is 12.6. The van der Waals surface area contributed by atoms with E-state index in [1.807, 2.05) is 42.0 Å². The summed E-state index contributed by atoms with van der Waals surface area (Å²) >= 11 is 0. The lowest BCUT2D eigenvalue weighted by Gasteiger charge is -2.32. The molecule has 1 saturated heterocycles. The van der Waals surface area contributed by atoms with E-state index in [0.29, 0.717) is 0 Å². The fourth-order valence-corrected chi connectivity index (χ4v) is 2.68. The van der Waals surface area contributed by atoms with Crippen LogP contribution in [-0.4, -0.2) is 28.5 Å². The van der Waals surface area contributed by atoms with E-state index < -0.39 is 0 Å². The van der Waals surface area contributed by atoms with E-state index >= 15 is 0 Å². The van der Waals surface area contributed by atoms with Gasteiger partial charge in [-0.05, 0) is 38.1 Å². The summed E-state index contributed by atoms with van der Waals surface area (Å²) in [6.45, 7) is 3.84. The number of nitrogens with zero attached hydrogens (tertiary/aromatic N) is 2. The Morgan fingerprint density at radius 2 is 2.10 bits per heavy atom. The van der Waals surface area contributed by atoms with Crippen LogP contribution in [0.4, 0.5) is 5.69 Å². The second-order valence-corrected chi connectivity index (χ2v) is 5.75. The van der Waals surface area contributed by atoms with Gasteiger partial charge < -0.3 is 15.2 Å². The predicted molar refractivity (Wildman–Crippen MR) is 82.4 cm³/mol. The van der Waals surface area contributed by atoms with E-state index in [4.69, 9.17) is 0 Å². The van der Waals surface area contributed by atoms with E-state index in [1.54, 1.807) is 12.5 Å². The third kappa shape index (κ3) is 2.83. The SMILES string of the molecule is CC1(C(=O)Nc2ccccc2-n2ccnc2)CCNCC1. The highest BCUT2D eigenvalue weighted by Crippen LogP contribution is 2.30. The van der Waals surface area contributed by atoms with Crippen molar-refractivity contribution < 1.29 is 4.79 Å². The van der Waals surface area contributed by atoms with E-state index in [1.165, 1.54) is 0 Å². The monoisotopic (exact) mass is 284 g/mol. The molecule has 1 aliphatic rings. The number of hydrogen-bond acceptors (Lipinski definition) is 3. The molecular weight excluding hydrogens is 264 g/mol. The number of hydrogen-bond donors (Lipinski definition) is 2. The van der Waals surface area contributed by atoms with Crippen molar-refractivity contribution in [3.8, 4) is 5.69 Å². The average molecular weight is 284 g/mol. The average Bonchev–Trinajstić information content (AvgIpc) is 3.02. The number of para-hydroxylation sites is 2. The van der Waals surface area contributed by atoms with Gasteiger partial charge in [0.15, 0.2) is 0 Å². The molecule has 1 aromatic carbocycles. The van der Waals surface area contributed by atoms with Crippen molar-refractivity contribution in [2.24, 2.45) is 5.41 Å². The topological polar surface area (TPSA) is 59.0 Å². The lowest BCUT2D eigenvalue weighted by molar-refractivity contribution is -0.126. The first-order valence-corrected chi connectivity index (χ1v) is 7.29. The largest absolute Gasteiger partial charge is 0.324 e. The van der Waals surface area contributed by atoms with E-state index in [2.05, 4.69) is 15.6 Å². The molecule has 3 rings (SSSR count). The summed E-state index contributed by atoms with van der Waals surface area (Å²) in [5.74, 6) is 0.0940. The smallest absolute Gasteiger partial charge is 0.230 e. The van der Waals surface area contributed by atoms with E-state index in [0.717, 1.165) is 37.3 Å². The van der Waals surface area contributed by atoms with Crippen molar-refractivity contribution in [1.29, 1.82) is 0 Å². The van der Waals surface area contributed by atoms with E-state index in [-0.39, 0.29) is 11.3 Å². The number of benzene rings is 1. The molecule has 0 spiro atoms. The molecule has 0 aliphatic carbocycles. The number of carbonyl (C=O) groups is 1. The lowest BCUT2D eigenvalue weighted by atomic mass is 9.80. The number of rotatable bonds is 3. The minimum Gasteiger partial charge on any atom is -0.324 e. The van der Waals surface area contributed by atoms with Crippen LogP contribution in [-0.2, 0) is 4.79 Å². The quantitative estimate of drug-likeness (QED) is 0.908. The normalized spacial score (nSPS) is 17.4. The molecular formula is C16H20N4O. The minimum absolute atomic E-state index is 0.0940. The summed E-state index contributed by atoms with van der Waals surface area (Å²) in [6, 6.07) is 7.79. The van der Waals surface area contributed by atoms with Crippen LogP contribution in [0.2, 0.25) is 0 Å². The molecule has 1 amide bonds. The van der Waals surface area contributed by atoms with Gasteiger partial charge in [-0.15, -0.1) is 0 Å². The zero-order valence-electron chi connectivity index (χ0n) is 12.2. The number of amides is 1. The van der Waals surface area contributed by atoms with Crippen molar-refractivity contribution in [2.75, 3.05) is 18.4 Å². The van der Waals surface area contributed by atoms with Crippen molar-refractivity contribution in [3.63, 3.8) is 0 Å². The maximum absolute atomic E-state index is 12.6. The Balaban J connectivity index is 1.83. The molecule has 21 heavy (non-hydrogen) atoms. The minimum atomic E-state index is -0.298. The highest BCUT2D eigenvalue weighted by molar-refractivity contribution is 5.96. The molecule has 0 atom stereocenters. The van der Waals surface area contributed by atoms with Crippen LogP contribution in [0.25, 0.3) is 5.69 Å². The number of carbonyl (C=O) groups excluding carboxylic acids is 1. The van der Waals surface area contributed by atoms with E-state index in [9.17, 15) is 4.79 Å². The molecule has 1 aliphatic heterocycles. The van der Waals surface area contributed by atoms with Crippen LogP contribution in [0.5, 0.6) is 0 Å². The van der Waals surface area contributed by atoms with Gasteiger partial charge in [-0.1, -0.05) is 19.1 Å². The van der Waals surface area contributed by atoms with Gasteiger partial charge in [-0.3, -0.25) is 4.79 Å². The second-order valence-electron chi connectivity index (χ2n) is 5.75. The Bertz CT molecular complexity index is 615. The summed E-state index contributed by atoms with van der Waals surface area (Å²) in [5.41, 5.74) is 1.45. The van der Waals surface area contributed by atoms with Gasteiger partial charge in [0.25, 0.3) is 0 Å². The van der Waals surface area contributed by atoms with Crippen LogP contribution in [0.3, 0.4) is 0 Å². The van der Waals surface area contributed by atoms with Crippen molar-refractivity contribution in [2.45, 2.75) is 19.8 Å². The van der Waals surface area contributed by atoms with Crippen LogP contribution in [0.1, 0.15) is 19.8 Å². The van der Waals surface area contributed by atoms with Gasteiger partial charge in [-0.2, -0.15) is 0 Å². The van der Waals surface area contributed by atoms with Crippen LogP contribution in [0, 0.1) is 5.41 Å². The third-order valence-corrected chi connectivity index (χ3v) is 4.19. The molecule has 2 aromatic rings. The van der Waals surface area contributed by atoms with Crippen LogP contribution < -0.4 is 10.6 Å². The Morgan fingerprint density at radius 3 is 2.81 bits per heavy atom. The fraction of sp³-hybridized carbons (Fsp3) is 0.375. The molecule has 0 unspecified atom stereocenters. The standard InChI is InChI=1S/C16H20N4O/c1-16(6-8-17-9-7-16)15(21)19-13-4-2-3-5-14(13)20-11-10-18-12-20/h2-5,10-12,17H,6-9H2,1H3,(H,19,21). The summed E-state index contributed by atoms with van der Waals surface area (Å²) < 4.78 is 1.90. The van der Waals surface area contributed by atoms with Crippen molar-refractivity contribution in [1.82, 2.24) is 14.9 Å². The third-order valence-electron chi connectivity index (χ3n) is 4.19. The first-order chi connectivity index (χ1) is 10.2. The molecule has 5 nitrogen and oxygen atoms in total. The summed E-state index contributed by atoms with van der Waals surface area (Å²) in [6.07, 6.45) is 7.07. The number of anilines is 1. The Labute approximate surface area is 124 Å². The van der Waals surface area contributed by atoms with Crippen LogP contribution >= 0.6 is 0 Å². The predicted octanol–water partition coefficient (Wildman–Crippen LogP) is 2.20. The maximum Gasteiger partial charge on any atom is 0.230 e. The Kier molecular flexibility index (Phi) is 3.75. The summed E-state index contributed by atoms with van der Waals surface area (Å²) in [4.78, 5) is 16.7. The van der Waals surface area contributed by atoms with Gasteiger partial charge in [0.2, 0.25) is 5.91 Å². The van der Waals surface area contributed by atoms with Gasteiger partial charge >= 0.3 is 0 Å². The lowest BCUT2D eigenvalue weighted by Crippen LogP contribution is -2.42. The van der Waals surface area contributed by atoms with Crippen LogP contribution in [0.15, 0.2) is 43.0 Å². The Morgan fingerprint density at radius 1 is 1.33 bits per heavy atom. The highest BCUT2D eigenvalue weighted by atomic mass is 16.2. The fourth-order valence-electron chi connectivity index (χ4n) is 2.68. The van der Waals surface area contributed by atoms with Gasteiger partial charge in [0.1, 0.15) is 0 Å². The number of aromatic nitrogens is 2. The number of piperidine rings is 1. The molecule has 0 radical (unpaired) electrons. The van der Waals surface area contributed by atoms with Gasteiger partial charge in [-0.25, -0.2) is 4.98 Å². The Hall–Kier alpha value is -2.14. The summed E-state index contributed by atoms with van der Waals surface area (Å²) in [7, 11) is 0.